The van der Waals surface area contributed by atoms with Crippen molar-refractivity contribution >= 4 is 13.6 Å². The maximum absolute atomic E-state index is 10.2. The number of carbonyl (C=O) groups is 1. The highest BCUT2D eigenvalue weighted by atomic mass is 31.2. The molecule has 74 valence electrons. The first-order valence-corrected chi connectivity index (χ1v) is 4.65. The number of aliphatic carboxylic acids is 1. The number of carboxylic acids is 1. The molecular weight excluding hydrogens is 185 g/mol. The minimum absolute atomic E-state index is 0. The fourth-order valence-electron chi connectivity index (χ4n) is 0.431. The second kappa shape index (κ2) is 5.27. The summed E-state index contributed by atoms with van der Waals surface area (Å²) in [6.07, 6.45) is -0.694. The summed E-state index contributed by atoms with van der Waals surface area (Å²) in [5.74, 6) is -1.25. The van der Waals surface area contributed by atoms with Crippen molar-refractivity contribution in [1.29, 1.82) is 0 Å². The van der Waals surface area contributed by atoms with Gasteiger partial charge in [-0.05, 0) is 6.42 Å². The number of hydrogen-bond acceptors (Lipinski definition) is 3. The van der Waals surface area contributed by atoms with E-state index < -0.39 is 25.8 Å². The molecular formula is C5H14NO5P. The molecule has 0 rings (SSSR count). The summed E-state index contributed by atoms with van der Waals surface area (Å²) in [4.78, 5) is 26.7. The zero-order chi connectivity index (χ0) is 9.07. The Hall–Kier alpha value is -0.420. The van der Waals surface area contributed by atoms with Gasteiger partial charge in [-0.15, -0.1) is 0 Å². The molecule has 7 heteroatoms. The second-order valence-corrected chi connectivity index (χ2v) is 3.90. The van der Waals surface area contributed by atoms with Crippen molar-refractivity contribution < 1.29 is 24.3 Å². The minimum atomic E-state index is -4.10. The van der Waals surface area contributed by atoms with Crippen molar-refractivity contribution in [2.45, 2.75) is 19.9 Å². The highest BCUT2D eigenvalue weighted by molar-refractivity contribution is 7.51. The van der Waals surface area contributed by atoms with Gasteiger partial charge in [0, 0.05) is 0 Å². The van der Waals surface area contributed by atoms with Crippen LogP contribution in [0.25, 0.3) is 0 Å². The molecule has 0 aliphatic carbocycles. The molecule has 0 fully saturated rings. The Labute approximate surface area is 70.6 Å². The van der Waals surface area contributed by atoms with Crippen LogP contribution in [0.1, 0.15) is 13.8 Å². The van der Waals surface area contributed by atoms with E-state index in [-0.39, 0.29) is 13.8 Å². The number of rotatable bonds is 4. The van der Waals surface area contributed by atoms with E-state index in [1.165, 1.54) is 0 Å². The Morgan fingerprint density at radius 1 is 1.50 bits per heavy atom. The highest BCUT2D eigenvalue weighted by Gasteiger charge is 2.18. The van der Waals surface area contributed by atoms with Crippen LogP contribution in [0.3, 0.4) is 0 Å². The molecule has 0 aromatic rings. The zero-order valence-corrected chi connectivity index (χ0v) is 6.57. The van der Waals surface area contributed by atoms with Crippen molar-refractivity contribution in [3.63, 3.8) is 0 Å². The van der Waals surface area contributed by atoms with Gasteiger partial charge < -0.3 is 20.6 Å². The number of carboxylic acid groups (broad SMARTS) is 1. The van der Waals surface area contributed by atoms with Crippen molar-refractivity contribution in [2.24, 2.45) is 5.73 Å². The van der Waals surface area contributed by atoms with E-state index in [1.54, 1.807) is 0 Å². The van der Waals surface area contributed by atoms with Crippen molar-refractivity contribution in [3.05, 3.63) is 0 Å². The SMILES string of the molecule is C.NC(CCP(=O)(O)O)C(=O)O. The summed E-state index contributed by atoms with van der Waals surface area (Å²) in [5, 5.41) is 8.20. The van der Waals surface area contributed by atoms with Gasteiger partial charge in [-0.25, -0.2) is 0 Å². The zero-order valence-electron chi connectivity index (χ0n) is 5.67. The molecule has 0 heterocycles. The first kappa shape index (κ1) is 14.1. The summed E-state index contributed by atoms with van der Waals surface area (Å²) in [5.41, 5.74) is 4.98. The van der Waals surface area contributed by atoms with E-state index in [4.69, 9.17) is 20.6 Å². The van der Waals surface area contributed by atoms with Gasteiger partial charge in [0.15, 0.2) is 0 Å². The molecule has 0 saturated carbocycles. The van der Waals surface area contributed by atoms with Crippen molar-refractivity contribution in [2.75, 3.05) is 6.16 Å². The molecule has 0 bridgehead atoms. The van der Waals surface area contributed by atoms with Gasteiger partial charge in [0.1, 0.15) is 6.04 Å². The van der Waals surface area contributed by atoms with E-state index in [0.29, 0.717) is 0 Å². The predicted molar refractivity (Wildman–Crippen MR) is 43.9 cm³/mol. The molecule has 0 aliphatic rings. The monoisotopic (exact) mass is 199 g/mol. The molecule has 1 atom stereocenters. The lowest BCUT2D eigenvalue weighted by molar-refractivity contribution is -0.138. The topological polar surface area (TPSA) is 121 Å². The normalized spacial score (nSPS) is 13.2. The first-order valence-electron chi connectivity index (χ1n) is 2.86. The van der Waals surface area contributed by atoms with Gasteiger partial charge >= 0.3 is 13.6 Å². The van der Waals surface area contributed by atoms with Crippen molar-refractivity contribution in [1.82, 2.24) is 0 Å². The molecule has 6 nitrogen and oxygen atoms in total. The molecule has 0 amide bonds. The molecule has 0 aliphatic heterocycles. The van der Waals surface area contributed by atoms with E-state index in [2.05, 4.69) is 0 Å². The van der Waals surface area contributed by atoms with Gasteiger partial charge in [0.25, 0.3) is 0 Å². The highest BCUT2D eigenvalue weighted by Crippen LogP contribution is 2.35. The molecule has 0 radical (unpaired) electrons. The van der Waals surface area contributed by atoms with Crippen molar-refractivity contribution in [3.8, 4) is 0 Å². The van der Waals surface area contributed by atoms with Crippen LogP contribution in [-0.2, 0) is 9.36 Å². The van der Waals surface area contributed by atoms with Crippen LogP contribution in [0.15, 0.2) is 0 Å². The third-order valence-electron chi connectivity index (χ3n) is 1.05. The van der Waals surface area contributed by atoms with Crippen LogP contribution in [0.2, 0.25) is 0 Å². The average Bonchev–Trinajstić information content (AvgIpc) is 1.80. The third kappa shape index (κ3) is 7.68. The third-order valence-corrected chi connectivity index (χ3v) is 1.89. The van der Waals surface area contributed by atoms with Gasteiger partial charge in [-0.3, -0.25) is 9.36 Å². The molecule has 0 spiro atoms. The second-order valence-electron chi connectivity index (χ2n) is 2.12. The summed E-state index contributed by atoms with van der Waals surface area (Å²) in [7, 11) is -4.10. The van der Waals surface area contributed by atoms with Gasteiger partial charge in [-0.1, -0.05) is 7.43 Å². The van der Waals surface area contributed by atoms with Gasteiger partial charge in [-0.2, -0.15) is 0 Å². The van der Waals surface area contributed by atoms with E-state index >= 15 is 0 Å². The van der Waals surface area contributed by atoms with Crippen LogP contribution in [0.5, 0.6) is 0 Å². The Bertz CT molecular complexity index is 188. The Kier molecular flexibility index (Phi) is 6.20. The van der Waals surface area contributed by atoms with Crippen LogP contribution in [0.4, 0.5) is 0 Å². The predicted octanol–water partition coefficient (Wildman–Crippen LogP) is -0.398. The van der Waals surface area contributed by atoms with Gasteiger partial charge in [0.05, 0.1) is 6.16 Å². The number of hydrogen-bond donors (Lipinski definition) is 4. The average molecular weight is 199 g/mol. The molecule has 0 aromatic heterocycles. The standard InChI is InChI=1S/C4H10NO5P.CH4/c5-3(4(6)7)1-2-11(8,9)10;/h3H,1-2,5H2,(H,6,7)(H2,8,9,10);1H4. The molecule has 1 unspecified atom stereocenters. The lowest BCUT2D eigenvalue weighted by Crippen LogP contribution is -2.30. The Balaban J connectivity index is 0. The number of nitrogens with two attached hydrogens (primary N) is 1. The fraction of sp³-hybridized carbons (Fsp3) is 0.800. The van der Waals surface area contributed by atoms with Crippen LogP contribution < -0.4 is 5.73 Å². The van der Waals surface area contributed by atoms with E-state index in [9.17, 15) is 9.36 Å². The largest absolute Gasteiger partial charge is 0.480 e. The van der Waals surface area contributed by atoms with Crippen LogP contribution in [0, 0.1) is 0 Å². The minimum Gasteiger partial charge on any atom is -0.480 e. The lowest BCUT2D eigenvalue weighted by Gasteiger charge is -2.06. The maximum Gasteiger partial charge on any atom is 0.325 e. The fourth-order valence-corrected chi connectivity index (χ4v) is 1.05. The van der Waals surface area contributed by atoms with E-state index in [1.807, 2.05) is 0 Å². The summed E-state index contributed by atoms with van der Waals surface area (Å²) < 4.78 is 10.2. The maximum atomic E-state index is 10.2. The Morgan fingerprint density at radius 2 is 1.92 bits per heavy atom. The van der Waals surface area contributed by atoms with E-state index in [0.717, 1.165) is 0 Å². The lowest BCUT2D eigenvalue weighted by atomic mass is 10.2. The summed E-state index contributed by atoms with van der Waals surface area (Å²) in [6.45, 7) is 0. The quantitative estimate of drug-likeness (QED) is 0.457. The van der Waals surface area contributed by atoms with Crippen LogP contribution >= 0.6 is 7.60 Å². The van der Waals surface area contributed by atoms with Crippen LogP contribution in [-0.4, -0.2) is 33.1 Å². The smallest absolute Gasteiger partial charge is 0.325 e. The Morgan fingerprint density at radius 3 is 2.17 bits per heavy atom. The van der Waals surface area contributed by atoms with Gasteiger partial charge in [0.2, 0.25) is 0 Å². The molecule has 0 saturated heterocycles. The molecule has 5 N–H and O–H groups in total. The first-order chi connectivity index (χ1) is 4.83. The summed E-state index contributed by atoms with van der Waals surface area (Å²) in [6, 6.07) is -1.19. The molecule has 0 aromatic carbocycles. The molecule has 12 heavy (non-hydrogen) atoms. The summed E-state index contributed by atoms with van der Waals surface area (Å²) >= 11 is 0.